The van der Waals surface area contributed by atoms with Gasteiger partial charge in [0.05, 0.1) is 11.8 Å². The van der Waals surface area contributed by atoms with Crippen molar-refractivity contribution in [2.45, 2.75) is 0 Å². The number of anilines is 1. The van der Waals surface area contributed by atoms with Gasteiger partial charge in [0.2, 0.25) is 11.5 Å². The monoisotopic (exact) mass is 367 g/mol. The van der Waals surface area contributed by atoms with E-state index in [4.69, 9.17) is 0 Å². The lowest BCUT2D eigenvalue weighted by Crippen LogP contribution is -2.49. The number of phenolic OH excluding ortho intramolecular Hbond substituents is 1. The summed E-state index contributed by atoms with van der Waals surface area (Å²) in [5, 5.41) is 21.4. The number of hydrogen-bond donors (Lipinski definition) is 1. The van der Waals surface area contributed by atoms with Crippen LogP contribution in [0.15, 0.2) is 48.7 Å². The van der Waals surface area contributed by atoms with Gasteiger partial charge >= 0.3 is 5.82 Å². The molecule has 1 aliphatic heterocycles. The highest BCUT2D eigenvalue weighted by Crippen LogP contribution is 2.30. The van der Waals surface area contributed by atoms with E-state index >= 15 is 0 Å². The molecular formula is C18H17N5O4. The molecule has 27 heavy (non-hydrogen) atoms. The van der Waals surface area contributed by atoms with Crippen LogP contribution in [0.5, 0.6) is 5.75 Å². The van der Waals surface area contributed by atoms with E-state index in [9.17, 15) is 20.0 Å². The molecule has 0 spiro atoms. The van der Waals surface area contributed by atoms with Crippen LogP contribution in [0.2, 0.25) is 0 Å². The predicted molar refractivity (Wildman–Crippen MR) is 98.1 cm³/mol. The molecule has 138 valence electrons. The van der Waals surface area contributed by atoms with Gasteiger partial charge in [-0.25, -0.2) is 0 Å². The normalized spacial score (nSPS) is 14.5. The quantitative estimate of drug-likeness (QED) is 0.560. The standard InChI is InChI=1S/C18H17N5O4/c24-14-6-2-1-5-13(14)18(25)21-11-9-20(10-12-21)16-17(23(26)27)22-8-4-3-7-15(22)19-16/h1-8,24H,9-12H2. The molecule has 1 amide bonds. The first-order valence-electron chi connectivity index (χ1n) is 8.50. The topological polar surface area (TPSA) is 104 Å². The van der Waals surface area contributed by atoms with Crippen LogP contribution < -0.4 is 4.90 Å². The van der Waals surface area contributed by atoms with Crippen LogP contribution >= 0.6 is 0 Å². The number of pyridine rings is 1. The first-order chi connectivity index (χ1) is 13.1. The Hall–Kier alpha value is -3.62. The van der Waals surface area contributed by atoms with Crippen LogP contribution in [0, 0.1) is 10.1 Å². The number of fused-ring (bicyclic) bond motifs is 1. The van der Waals surface area contributed by atoms with Gasteiger partial charge in [-0.15, -0.1) is 0 Å². The third-order valence-corrected chi connectivity index (χ3v) is 4.66. The smallest absolute Gasteiger partial charge is 0.372 e. The molecule has 1 fully saturated rings. The second kappa shape index (κ2) is 6.60. The zero-order valence-corrected chi connectivity index (χ0v) is 14.4. The van der Waals surface area contributed by atoms with Crippen LogP contribution in [-0.2, 0) is 0 Å². The van der Waals surface area contributed by atoms with E-state index in [1.807, 2.05) is 4.90 Å². The Morgan fingerprint density at radius 1 is 1.07 bits per heavy atom. The number of amides is 1. The highest BCUT2D eigenvalue weighted by Gasteiger charge is 2.31. The number of nitrogens with zero attached hydrogens (tertiary/aromatic N) is 5. The highest BCUT2D eigenvalue weighted by molar-refractivity contribution is 5.97. The minimum atomic E-state index is -0.436. The molecule has 0 bridgehead atoms. The first-order valence-corrected chi connectivity index (χ1v) is 8.50. The van der Waals surface area contributed by atoms with Gasteiger partial charge < -0.3 is 25.0 Å². The summed E-state index contributed by atoms with van der Waals surface area (Å²) in [6.07, 6.45) is 1.61. The van der Waals surface area contributed by atoms with E-state index in [1.54, 1.807) is 47.5 Å². The van der Waals surface area contributed by atoms with Gasteiger partial charge in [0.25, 0.3) is 5.91 Å². The molecule has 0 saturated carbocycles. The summed E-state index contributed by atoms with van der Waals surface area (Å²) in [6, 6.07) is 11.6. The maximum atomic E-state index is 12.6. The predicted octanol–water partition coefficient (Wildman–Crippen LogP) is 1.91. The lowest BCUT2D eigenvalue weighted by atomic mass is 10.1. The lowest BCUT2D eigenvalue weighted by Gasteiger charge is -2.34. The summed E-state index contributed by atoms with van der Waals surface area (Å²) in [5.41, 5.74) is 0.761. The van der Waals surface area contributed by atoms with Gasteiger partial charge in [-0.2, -0.15) is 9.38 Å². The number of piperazine rings is 1. The van der Waals surface area contributed by atoms with E-state index in [2.05, 4.69) is 4.98 Å². The second-order valence-electron chi connectivity index (χ2n) is 6.24. The fourth-order valence-corrected chi connectivity index (χ4v) is 3.30. The number of aromatic nitrogens is 2. The number of hydrogen-bond acceptors (Lipinski definition) is 6. The van der Waals surface area contributed by atoms with E-state index in [0.717, 1.165) is 0 Å². The lowest BCUT2D eigenvalue weighted by molar-refractivity contribution is -0.389. The van der Waals surface area contributed by atoms with Crippen LogP contribution in [-0.4, -0.2) is 56.4 Å². The molecule has 0 atom stereocenters. The average Bonchev–Trinajstić information content (AvgIpc) is 3.08. The summed E-state index contributed by atoms with van der Waals surface area (Å²) < 4.78 is 1.45. The van der Waals surface area contributed by atoms with Crippen molar-refractivity contribution in [3.8, 4) is 5.75 Å². The van der Waals surface area contributed by atoms with Gasteiger partial charge in [0.15, 0.2) is 0 Å². The summed E-state index contributed by atoms with van der Waals surface area (Å²) in [7, 11) is 0. The van der Waals surface area contributed by atoms with Gasteiger partial charge in [-0.1, -0.05) is 18.2 Å². The zero-order valence-electron chi connectivity index (χ0n) is 14.4. The average molecular weight is 367 g/mol. The van der Waals surface area contributed by atoms with Crippen LogP contribution in [0.1, 0.15) is 10.4 Å². The van der Waals surface area contributed by atoms with Crippen LogP contribution in [0.3, 0.4) is 0 Å². The van der Waals surface area contributed by atoms with Gasteiger partial charge in [0, 0.05) is 32.2 Å². The zero-order chi connectivity index (χ0) is 19.0. The van der Waals surface area contributed by atoms with Gasteiger partial charge in [0.1, 0.15) is 5.75 Å². The molecule has 1 N–H and O–H groups in total. The van der Waals surface area contributed by atoms with Crippen molar-refractivity contribution in [1.82, 2.24) is 14.3 Å². The van der Waals surface area contributed by atoms with E-state index < -0.39 is 4.92 Å². The number of nitro groups is 1. The van der Waals surface area contributed by atoms with E-state index in [-0.39, 0.29) is 23.0 Å². The molecule has 9 heteroatoms. The minimum absolute atomic E-state index is 0.0547. The van der Waals surface area contributed by atoms with Crippen molar-refractivity contribution in [2.75, 3.05) is 31.1 Å². The van der Waals surface area contributed by atoms with Gasteiger partial charge in [-0.3, -0.25) is 4.79 Å². The molecule has 1 saturated heterocycles. The number of imidazole rings is 1. The number of rotatable bonds is 3. The first kappa shape index (κ1) is 16.8. The van der Waals surface area contributed by atoms with Crippen LogP contribution in [0.4, 0.5) is 11.6 Å². The van der Waals surface area contributed by atoms with E-state index in [1.165, 1.54) is 10.5 Å². The fraction of sp³-hybridized carbons (Fsp3) is 0.222. The summed E-state index contributed by atoms with van der Waals surface area (Å²) in [4.78, 5) is 31.6. The number of carbonyl (C=O) groups is 1. The Balaban J connectivity index is 1.56. The van der Waals surface area contributed by atoms with Crippen molar-refractivity contribution < 1.29 is 14.8 Å². The number of para-hydroxylation sites is 1. The number of carbonyl (C=O) groups excluding carboxylic acids is 1. The fourth-order valence-electron chi connectivity index (χ4n) is 3.30. The molecule has 0 radical (unpaired) electrons. The maximum absolute atomic E-state index is 12.6. The summed E-state index contributed by atoms with van der Waals surface area (Å²) in [6.45, 7) is 1.62. The Morgan fingerprint density at radius 2 is 1.78 bits per heavy atom. The van der Waals surface area contributed by atoms with Gasteiger partial charge in [-0.05, 0) is 23.1 Å². The molecule has 3 heterocycles. The Bertz CT molecular complexity index is 1020. The number of phenols is 1. The van der Waals surface area contributed by atoms with E-state index in [0.29, 0.717) is 37.6 Å². The Morgan fingerprint density at radius 3 is 2.48 bits per heavy atom. The SMILES string of the molecule is O=C(c1ccccc1O)N1CCN(c2nc3ccccn3c2[N+](=O)[O-])CC1. The molecule has 0 unspecified atom stereocenters. The van der Waals surface area contributed by atoms with Crippen molar-refractivity contribution in [2.24, 2.45) is 0 Å². The van der Waals surface area contributed by atoms with Crippen LogP contribution in [0.25, 0.3) is 5.65 Å². The summed E-state index contributed by atoms with van der Waals surface area (Å²) >= 11 is 0. The number of aromatic hydroxyl groups is 1. The molecule has 3 aromatic rings. The third-order valence-electron chi connectivity index (χ3n) is 4.66. The highest BCUT2D eigenvalue weighted by atomic mass is 16.6. The Labute approximate surface area is 154 Å². The summed E-state index contributed by atoms with van der Waals surface area (Å²) in [5.74, 6) is -0.0786. The molecule has 1 aliphatic rings. The minimum Gasteiger partial charge on any atom is -0.507 e. The van der Waals surface area contributed by atoms with Crippen molar-refractivity contribution >= 4 is 23.2 Å². The Kier molecular flexibility index (Phi) is 4.11. The molecule has 1 aromatic carbocycles. The van der Waals surface area contributed by atoms with Crippen molar-refractivity contribution in [3.63, 3.8) is 0 Å². The third kappa shape index (κ3) is 2.92. The van der Waals surface area contributed by atoms with Crippen molar-refractivity contribution in [1.29, 1.82) is 0 Å². The molecule has 0 aliphatic carbocycles. The number of benzene rings is 1. The molecule has 2 aromatic heterocycles. The maximum Gasteiger partial charge on any atom is 0.372 e. The largest absolute Gasteiger partial charge is 0.507 e. The molecule has 4 rings (SSSR count). The second-order valence-corrected chi connectivity index (χ2v) is 6.24. The molecular weight excluding hydrogens is 350 g/mol. The van der Waals surface area contributed by atoms with Crippen molar-refractivity contribution in [3.05, 3.63) is 64.3 Å². The molecule has 9 nitrogen and oxygen atoms in total.